The van der Waals surface area contributed by atoms with Crippen molar-refractivity contribution >= 4 is 11.6 Å². The monoisotopic (exact) mass is 356 g/mol. The van der Waals surface area contributed by atoms with Gasteiger partial charge in [-0.1, -0.05) is 72.8 Å². The molecule has 3 nitrogen and oxygen atoms in total. The minimum Gasteiger partial charge on any atom is -0.326 e. The standard InChI is InChI=1S/C24H24N2O/c27-23(26-22-9-5-2-6-10-22)24(15-16-25-18-24)17-19-11-13-21(14-12-19)20-7-3-1-4-8-20/h1-14,25H,15-18H2,(H,26,27). The second kappa shape index (κ2) is 7.77. The lowest BCUT2D eigenvalue weighted by molar-refractivity contribution is -0.124. The Morgan fingerprint density at radius 1 is 0.852 bits per heavy atom. The number of carbonyl (C=O) groups is 1. The van der Waals surface area contributed by atoms with E-state index in [2.05, 4.69) is 59.2 Å². The van der Waals surface area contributed by atoms with E-state index >= 15 is 0 Å². The minimum atomic E-state index is -0.399. The van der Waals surface area contributed by atoms with Crippen LogP contribution in [0, 0.1) is 5.41 Å². The maximum atomic E-state index is 13.1. The number of para-hydroxylation sites is 1. The third-order valence-corrected chi connectivity index (χ3v) is 5.36. The summed E-state index contributed by atoms with van der Waals surface area (Å²) in [6, 6.07) is 28.7. The first kappa shape index (κ1) is 17.5. The summed E-state index contributed by atoms with van der Waals surface area (Å²) in [5.74, 6) is 0.103. The van der Waals surface area contributed by atoms with Crippen LogP contribution < -0.4 is 10.6 Å². The van der Waals surface area contributed by atoms with Crippen molar-refractivity contribution < 1.29 is 4.79 Å². The van der Waals surface area contributed by atoms with E-state index in [9.17, 15) is 4.79 Å². The van der Waals surface area contributed by atoms with Crippen LogP contribution in [0.3, 0.4) is 0 Å². The summed E-state index contributed by atoms with van der Waals surface area (Å²) in [6.45, 7) is 1.59. The zero-order valence-corrected chi connectivity index (χ0v) is 15.3. The molecule has 0 aliphatic carbocycles. The van der Waals surface area contributed by atoms with Crippen LogP contribution in [-0.2, 0) is 11.2 Å². The van der Waals surface area contributed by atoms with E-state index in [0.717, 1.165) is 25.1 Å². The Morgan fingerprint density at radius 2 is 1.48 bits per heavy atom. The molecule has 2 N–H and O–H groups in total. The van der Waals surface area contributed by atoms with E-state index in [1.165, 1.54) is 16.7 Å². The fourth-order valence-electron chi connectivity index (χ4n) is 3.79. The average molecular weight is 356 g/mol. The van der Waals surface area contributed by atoms with Gasteiger partial charge in [-0.2, -0.15) is 0 Å². The molecule has 1 unspecified atom stereocenters. The molecule has 1 fully saturated rings. The zero-order valence-electron chi connectivity index (χ0n) is 15.3. The Kier molecular flexibility index (Phi) is 5.03. The lowest BCUT2D eigenvalue weighted by Crippen LogP contribution is -2.40. The van der Waals surface area contributed by atoms with Gasteiger partial charge in [-0.05, 0) is 48.2 Å². The highest BCUT2D eigenvalue weighted by Gasteiger charge is 2.41. The largest absolute Gasteiger partial charge is 0.326 e. The van der Waals surface area contributed by atoms with Gasteiger partial charge in [-0.15, -0.1) is 0 Å². The fourth-order valence-corrected chi connectivity index (χ4v) is 3.79. The predicted octanol–water partition coefficient (Wildman–Crippen LogP) is 4.51. The number of anilines is 1. The maximum absolute atomic E-state index is 13.1. The molecule has 136 valence electrons. The number of carbonyl (C=O) groups excluding carboxylic acids is 1. The van der Waals surface area contributed by atoms with Gasteiger partial charge in [0.2, 0.25) is 5.91 Å². The van der Waals surface area contributed by atoms with E-state index in [0.29, 0.717) is 6.54 Å². The Morgan fingerprint density at radius 3 is 2.11 bits per heavy atom. The Labute approximate surface area is 160 Å². The molecular weight excluding hydrogens is 332 g/mol. The second-order valence-corrected chi connectivity index (χ2v) is 7.27. The van der Waals surface area contributed by atoms with Gasteiger partial charge in [-0.3, -0.25) is 4.79 Å². The lowest BCUT2D eigenvalue weighted by Gasteiger charge is -2.27. The smallest absolute Gasteiger partial charge is 0.232 e. The van der Waals surface area contributed by atoms with Crippen LogP contribution in [0.15, 0.2) is 84.9 Å². The van der Waals surface area contributed by atoms with Crippen molar-refractivity contribution in [3.63, 3.8) is 0 Å². The van der Waals surface area contributed by atoms with E-state index in [1.54, 1.807) is 0 Å². The van der Waals surface area contributed by atoms with Crippen LogP contribution >= 0.6 is 0 Å². The van der Waals surface area contributed by atoms with Crippen molar-refractivity contribution in [1.82, 2.24) is 5.32 Å². The highest BCUT2D eigenvalue weighted by atomic mass is 16.2. The summed E-state index contributed by atoms with van der Waals surface area (Å²) >= 11 is 0. The Hall–Kier alpha value is -2.91. The van der Waals surface area contributed by atoms with E-state index in [-0.39, 0.29) is 5.91 Å². The number of hydrogen-bond acceptors (Lipinski definition) is 2. The number of nitrogens with one attached hydrogen (secondary N) is 2. The van der Waals surface area contributed by atoms with Gasteiger partial charge in [0.25, 0.3) is 0 Å². The molecule has 3 aromatic carbocycles. The van der Waals surface area contributed by atoms with Crippen molar-refractivity contribution in [3.05, 3.63) is 90.5 Å². The summed E-state index contributed by atoms with van der Waals surface area (Å²) in [5, 5.41) is 6.48. The van der Waals surface area contributed by atoms with Crippen LogP contribution in [0.5, 0.6) is 0 Å². The third-order valence-electron chi connectivity index (χ3n) is 5.36. The average Bonchev–Trinajstić information content (AvgIpc) is 3.20. The van der Waals surface area contributed by atoms with E-state index in [4.69, 9.17) is 0 Å². The molecule has 0 radical (unpaired) electrons. The second-order valence-electron chi connectivity index (χ2n) is 7.27. The van der Waals surface area contributed by atoms with Crippen LogP contribution in [0.4, 0.5) is 5.69 Å². The van der Waals surface area contributed by atoms with Gasteiger partial charge in [-0.25, -0.2) is 0 Å². The third kappa shape index (κ3) is 3.93. The summed E-state index contributed by atoms with van der Waals surface area (Å²) in [7, 11) is 0. The molecule has 1 heterocycles. The fraction of sp³-hybridized carbons (Fsp3) is 0.208. The SMILES string of the molecule is O=C(Nc1ccccc1)C1(Cc2ccc(-c3ccccc3)cc2)CCNC1. The molecule has 0 saturated carbocycles. The first-order chi connectivity index (χ1) is 13.3. The molecule has 3 heteroatoms. The normalized spacial score (nSPS) is 19.0. The molecule has 1 aliphatic heterocycles. The Bertz CT molecular complexity index is 883. The lowest BCUT2D eigenvalue weighted by atomic mass is 9.79. The van der Waals surface area contributed by atoms with E-state index in [1.807, 2.05) is 36.4 Å². The van der Waals surface area contributed by atoms with Crippen LogP contribution in [0.25, 0.3) is 11.1 Å². The summed E-state index contributed by atoms with van der Waals surface area (Å²) in [4.78, 5) is 13.1. The highest BCUT2D eigenvalue weighted by Crippen LogP contribution is 2.32. The van der Waals surface area contributed by atoms with E-state index < -0.39 is 5.41 Å². The van der Waals surface area contributed by atoms with Crippen molar-refractivity contribution in [2.45, 2.75) is 12.8 Å². The molecule has 0 aromatic heterocycles. The molecule has 1 aliphatic rings. The first-order valence-corrected chi connectivity index (χ1v) is 9.47. The predicted molar refractivity (Wildman–Crippen MR) is 111 cm³/mol. The molecule has 1 amide bonds. The van der Waals surface area contributed by atoms with Gasteiger partial charge in [0, 0.05) is 12.2 Å². The van der Waals surface area contributed by atoms with Gasteiger partial charge in [0.1, 0.15) is 0 Å². The van der Waals surface area contributed by atoms with Crippen molar-refractivity contribution in [2.24, 2.45) is 5.41 Å². The topological polar surface area (TPSA) is 41.1 Å². The van der Waals surface area contributed by atoms with Gasteiger partial charge < -0.3 is 10.6 Å². The van der Waals surface area contributed by atoms with Crippen LogP contribution in [0.2, 0.25) is 0 Å². The molecular formula is C24H24N2O. The molecule has 1 saturated heterocycles. The molecule has 0 bridgehead atoms. The summed E-state index contributed by atoms with van der Waals surface area (Å²) in [5.41, 5.74) is 4.06. The van der Waals surface area contributed by atoms with Crippen LogP contribution in [-0.4, -0.2) is 19.0 Å². The number of benzene rings is 3. The van der Waals surface area contributed by atoms with Crippen LogP contribution in [0.1, 0.15) is 12.0 Å². The molecule has 3 aromatic rings. The molecule has 1 atom stereocenters. The summed E-state index contributed by atoms with van der Waals surface area (Å²) < 4.78 is 0. The highest BCUT2D eigenvalue weighted by molar-refractivity contribution is 5.96. The van der Waals surface area contributed by atoms with Crippen molar-refractivity contribution in [2.75, 3.05) is 18.4 Å². The van der Waals surface area contributed by atoms with Gasteiger partial charge >= 0.3 is 0 Å². The minimum absolute atomic E-state index is 0.103. The molecule has 27 heavy (non-hydrogen) atoms. The summed E-state index contributed by atoms with van der Waals surface area (Å²) in [6.07, 6.45) is 1.60. The Balaban J connectivity index is 1.52. The van der Waals surface area contributed by atoms with Crippen molar-refractivity contribution in [3.8, 4) is 11.1 Å². The maximum Gasteiger partial charge on any atom is 0.232 e. The molecule has 0 spiro atoms. The van der Waals surface area contributed by atoms with Gasteiger partial charge in [0.05, 0.1) is 5.41 Å². The van der Waals surface area contributed by atoms with Gasteiger partial charge in [0.15, 0.2) is 0 Å². The zero-order chi connectivity index (χ0) is 18.5. The number of amides is 1. The number of rotatable bonds is 5. The first-order valence-electron chi connectivity index (χ1n) is 9.47. The van der Waals surface area contributed by atoms with Crippen molar-refractivity contribution in [1.29, 1.82) is 0 Å². The number of hydrogen-bond donors (Lipinski definition) is 2. The molecule has 4 rings (SSSR count). The quantitative estimate of drug-likeness (QED) is 0.706.